The molecule has 64 valence electrons. The van der Waals surface area contributed by atoms with E-state index in [9.17, 15) is 8.42 Å². The molecule has 2 radical (unpaired) electrons. The molecule has 0 unspecified atom stereocenters. The number of rotatable bonds is 2. The van der Waals surface area contributed by atoms with Crippen LogP contribution >= 0.6 is 0 Å². The summed E-state index contributed by atoms with van der Waals surface area (Å²) in [5.74, 6) is 0. The van der Waals surface area contributed by atoms with Crippen molar-refractivity contribution in [3.63, 3.8) is 0 Å². The fraction of sp³-hybridized carbons (Fsp3) is 0.143. The Kier molecular flexibility index (Phi) is 2.46. The number of benzene rings is 1. The smallest absolute Gasteiger partial charge is 0.282 e. The van der Waals surface area contributed by atoms with Crippen LogP contribution in [0.4, 0.5) is 0 Å². The highest BCUT2D eigenvalue weighted by atomic mass is 32.2. The van der Waals surface area contributed by atoms with Gasteiger partial charge in [-0.15, -0.1) is 5.73 Å². The zero-order chi connectivity index (χ0) is 9.19. The molecule has 1 rings (SSSR count). The molecule has 0 atom stereocenters. The van der Waals surface area contributed by atoms with E-state index in [2.05, 4.69) is 0 Å². The van der Waals surface area contributed by atoms with Gasteiger partial charge >= 0.3 is 0 Å². The first-order valence-corrected chi connectivity index (χ1v) is 4.65. The van der Waals surface area contributed by atoms with Crippen molar-refractivity contribution in [2.24, 2.45) is 0 Å². The Morgan fingerprint density at radius 2 is 1.75 bits per heavy atom. The first-order chi connectivity index (χ1) is 5.54. The Morgan fingerprint density at radius 3 is 2.08 bits per heavy atom. The third-order valence-electron chi connectivity index (χ3n) is 1.40. The molecule has 4 nitrogen and oxygen atoms in total. The van der Waals surface area contributed by atoms with E-state index in [0.29, 0.717) is 5.56 Å². The predicted octanol–water partition coefficient (Wildman–Crippen LogP) is 0.502. The molecule has 1 aromatic carbocycles. The second kappa shape index (κ2) is 3.22. The van der Waals surface area contributed by atoms with Crippen molar-refractivity contribution in [2.45, 2.75) is 11.4 Å². The topological polar surface area (TPSA) is 76.7 Å². The van der Waals surface area contributed by atoms with E-state index in [4.69, 9.17) is 10.3 Å². The van der Waals surface area contributed by atoms with E-state index in [0.717, 1.165) is 0 Å². The van der Waals surface area contributed by atoms with Crippen molar-refractivity contribution >= 4 is 10.1 Å². The zero-order valence-corrected chi connectivity index (χ0v) is 6.95. The van der Waals surface area contributed by atoms with E-state index >= 15 is 0 Å². The lowest BCUT2D eigenvalue weighted by molar-refractivity contribution is 0.483. The Labute approximate surface area is 70.8 Å². The molecular weight excluding hydrogens is 178 g/mol. The maximum absolute atomic E-state index is 10.5. The molecule has 0 amide bonds. The average molecular weight is 185 g/mol. The van der Waals surface area contributed by atoms with Crippen molar-refractivity contribution < 1.29 is 13.0 Å². The third kappa shape index (κ3) is 2.04. The van der Waals surface area contributed by atoms with Gasteiger partial charge in [0.25, 0.3) is 10.1 Å². The second-order valence-corrected chi connectivity index (χ2v) is 3.70. The van der Waals surface area contributed by atoms with Gasteiger partial charge in [0.15, 0.2) is 0 Å². The lowest BCUT2D eigenvalue weighted by atomic mass is 10.2. The van der Waals surface area contributed by atoms with E-state index in [1.807, 2.05) is 0 Å². The highest BCUT2D eigenvalue weighted by molar-refractivity contribution is 7.85. The van der Waals surface area contributed by atoms with Gasteiger partial charge in [0.1, 0.15) is 0 Å². The summed E-state index contributed by atoms with van der Waals surface area (Å²) >= 11 is 0. The Balaban J connectivity index is 3.09. The lowest BCUT2D eigenvalue weighted by Crippen LogP contribution is -1.97. The Bertz CT molecular complexity index is 355. The maximum Gasteiger partial charge on any atom is 0.294 e. The molecule has 0 fully saturated rings. The normalized spacial score (nSPS) is 11.5. The van der Waals surface area contributed by atoms with Gasteiger partial charge in [0.2, 0.25) is 0 Å². The van der Waals surface area contributed by atoms with Crippen LogP contribution in [-0.4, -0.2) is 13.0 Å². The lowest BCUT2D eigenvalue weighted by Gasteiger charge is -1.97. The molecule has 1 aromatic rings. The first kappa shape index (κ1) is 9.18. The van der Waals surface area contributed by atoms with Gasteiger partial charge in [-0.2, -0.15) is 8.42 Å². The van der Waals surface area contributed by atoms with Gasteiger partial charge in [0, 0.05) is 0 Å². The summed E-state index contributed by atoms with van der Waals surface area (Å²) in [6.07, 6.45) is 0. The van der Waals surface area contributed by atoms with Crippen molar-refractivity contribution in [1.29, 1.82) is 0 Å². The summed E-state index contributed by atoms with van der Waals surface area (Å²) in [6.45, 7) is -0.147. The Morgan fingerprint density at radius 1 is 1.25 bits per heavy atom. The predicted molar refractivity (Wildman–Crippen MR) is 42.1 cm³/mol. The molecule has 0 aliphatic carbocycles. The van der Waals surface area contributed by atoms with Gasteiger partial charge in [-0.25, -0.2) is 0 Å². The van der Waals surface area contributed by atoms with Crippen molar-refractivity contribution in [1.82, 2.24) is 5.73 Å². The van der Waals surface area contributed by atoms with Gasteiger partial charge < -0.3 is 0 Å². The Hall–Kier alpha value is -0.910. The highest BCUT2D eigenvalue weighted by Crippen LogP contribution is 2.09. The second-order valence-electron chi connectivity index (χ2n) is 2.28. The summed E-state index contributed by atoms with van der Waals surface area (Å²) in [4.78, 5) is -0.167. The minimum Gasteiger partial charge on any atom is -0.282 e. The van der Waals surface area contributed by atoms with E-state index < -0.39 is 10.1 Å². The van der Waals surface area contributed by atoms with Gasteiger partial charge in [0.05, 0.1) is 11.4 Å². The molecule has 12 heavy (non-hydrogen) atoms. The SMILES string of the molecule is [N]Cc1ccc(S(=O)(=O)O)cc1. The monoisotopic (exact) mass is 185 g/mol. The van der Waals surface area contributed by atoms with Crippen LogP contribution in [0.2, 0.25) is 0 Å². The van der Waals surface area contributed by atoms with E-state index in [1.165, 1.54) is 24.3 Å². The van der Waals surface area contributed by atoms with Crippen LogP contribution in [0.1, 0.15) is 5.56 Å². The molecule has 1 N–H and O–H groups in total. The molecule has 5 heteroatoms. The minimum atomic E-state index is -4.11. The molecule has 0 saturated carbocycles. The summed E-state index contributed by atoms with van der Waals surface area (Å²) in [5, 5.41) is 0. The third-order valence-corrected chi connectivity index (χ3v) is 2.27. The summed E-state index contributed by atoms with van der Waals surface area (Å²) in [6, 6.07) is 5.34. The molecular formula is C7H7NO3S. The van der Waals surface area contributed by atoms with Crippen molar-refractivity contribution in [3.8, 4) is 0 Å². The molecule has 0 aliphatic rings. The maximum atomic E-state index is 10.5. The summed E-state index contributed by atoms with van der Waals surface area (Å²) < 4.78 is 29.6. The molecule has 0 bridgehead atoms. The molecule has 0 spiro atoms. The standard InChI is InChI=1S/C7H7NO3S/c8-5-6-1-3-7(4-2-6)12(9,10)11/h1-4H,5H2,(H,9,10,11). The van der Waals surface area contributed by atoms with Crippen LogP contribution in [0, 0.1) is 0 Å². The average Bonchev–Trinajstić information content (AvgIpc) is 2.03. The summed E-state index contributed by atoms with van der Waals surface area (Å²) in [5.41, 5.74) is 9.22. The van der Waals surface area contributed by atoms with Crippen LogP contribution in [-0.2, 0) is 16.7 Å². The quantitative estimate of drug-likeness (QED) is 0.681. The van der Waals surface area contributed by atoms with Crippen LogP contribution in [0.3, 0.4) is 0 Å². The van der Waals surface area contributed by atoms with Crippen LogP contribution in [0.25, 0.3) is 0 Å². The van der Waals surface area contributed by atoms with Crippen LogP contribution in [0.15, 0.2) is 29.2 Å². The van der Waals surface area contributed by atoms with Gasteiger partial charge in [-0.05, 0) is 17.7 Å². The van der Waals surface area contributed by atoms with E-state index in [1.54, 1.807) is 0 Å². The highest BCUT2D eigenvalue weighted by Gasteiger charge is 2.07. The first-order valence-electron chi connectivity index (χ1n) is 3.21. The fourth-order valence-corrected chi connectivity index (χ4v) is 1.25. The number of hydrogen-bond acceptors (Lipinski definition) is 2. The largest absolute Gasteiger partial charge is 0.294 e. The number of nitrogens with zero attached hydrogens (tertiary/aromatic N) is 1. The molecule has 0 aromatic heterocycles. The van der Waals surface area contributed by atoms with Gasteiger partial charge in [-0.3, -0.25) is 4.55 Å². The van der Waals surface area contributed by atoms with Crippen LogP contribution < -0.4 is 5.73 Å². The van der Waals surface area contributed by atoms with Crippen molar-refractivity contribution in [2.75, 3.05) is 0 Å². The molecule has 0 aliphatic heterocycles. The molecule has 0 heterocycles. The van der Waals surface area contributed by atoms with E-state index in [-0.39, 0.29) is 11.4 Å². The van der Waals surface area contributed by atoms with Gasteiger partial charge in [-0.1, -0.05) is 12.1 Å². The molecule has 0 saturated heterocycles. The van der Waals surface area contributed by atoms with Crippen LogP contribution in [0.5, 0.6) is 0 Å². The van der Waals surface area contributed by atoms with Crippen molar-refractivity contribution in [3.05, 3.63) is 29.8 Å². The summed E-state index contributed by atoms with van der Waals surface area (Å²) in [7, 11) is -4.11. The fourth-order valence-electron chi connectivity index (χ4n) is 0.767. The minimum absolute atomic E-state index is 0.147. The number of hydrogen-bond donors (Lipinski definition) is 1. The zero-order valence-electron chi connectivity index (χ0n) is 6.14.